The Morgan fingerprint density at radius 3 is 2.08 bits per heavy atom. The van der Waals surface area contributed by atoms with Gasteiger partial charge in [-0.05, 0) is 12.8 Å². The second-order valence-corrected chi connectivity index (χ2v) is 13.5. The molecular formula is C32H57NO19. The first-order chi connectivity index (χ1) is 24.7. The average molecular weight is 760 g/mol. The van der Waals surface area contributed by atoms with Crippen LogP contribution in [0, 0.1) is 5.92 Å². The fraction of sp³-hybridized carbons (Fsp3) is 0.938. The summed E-state index contributed by atoms with van der Waals surface area (Å²) in [6, 6.07) is -1.47. The van der Waals surface area contributed by atoms with Crippen molar-refractivity contribution in [1.29, 1.82) is 0 Å². The van der Waals surface area contributed by atoms with E-state index in [2.05, 4.69) is 4.74 Å². The van der Waals surface area contributed by atoms with Gasteiger partial charge in [0.15, 0.2) is 12.6 Å². The van der Waals surface area contributed by atoms with Gasteiger partial charge in [-0.15, -0.1) is 0 Å². The largest absolute Gasteiger partial charge is 0.477 e. The minimum atomic E-state index is -2.91. The minimum Gasteiger partial charge on any atom is -0.477 e. The quantitative estimate of drug-likeness (QED) is 0.0414. The van der Waals surface area contributed by atoms with Gasteiger partial charge in [0, 0.05) is 25.4 Å². The summed E-state index contributed by atoms with van der Waals surface area (Å²) < 4.78 is 38.9. The van der Waals surface area contributed by atoms with Gasteiger partial charge in [0.25, 0.3) is 5.79 Å². The number of rotatable bonds is 20. The highest BCUT2D eigenvalue weighted by molar-refractivity contribution is 5.76. The van der Waals surface area contributed by atoms with Crippen LogP contribution in [0.4, 0.5) is 0 Å². The lowest BCUT2D eigenvalue weighted by atomic mass is 9.88. The lowest BCUT2D eigenvalue weighted by Gasteiger charge is -2.50. The van der Waals surface area contributed by atoms with Crippen molar-refractivity contribution < 1.29 is 93.8 Å². The molecule has 3 aliphatic rings. The third-order valence-corrected chi connectivity index (χ3v) is 9.76. The molecule has 0 amide bonds. The van der Waals surface area contributed by atoms with Gasteiger partial charge in [0.1, 0.15) is 54.9 Å². The van der Waals surface area contributed by atoms with Crippen LogP contribution >= 0.6 is 0 Å². The number of aliphatic hydroxyl groups excluding tert-OH is 9. The van der Waals surface area contributed by atoms with Crippen molar-refractivity contribution in [3.05, 3.63) is 0 Å². The highest BCUT2D eigenvalue weighted by Crippen LogP contribution is 2.38. The lowest BCUT2D eigenvalue weighted by Crippen LogP contribution is -2.70. The number of hydrogen-bond acceptors (Lipinski definition) is 19. The van der Waals surface area contributed by atoms with E-state index in [1.807, 2.05) is 0 Å². The molecule has 0 aromatic heterocycles. The summed E-state index contributed by atoms with van der Waals surface area (Å²) in [6.45, 7) is -0.642. The van der Waals surface area contributed by atoms with Gasteiger partial charge in [0.2, 0.25) is 0 Å². The number of carboxylic acids is 1. The Kier molecular flexibility index (Phi) is 17.9. The number of hydrogen-bond donors (Lipinski definition) is 11. The second-order valence-electron chi connectivity index (χ2n) is 13.5. The lowest BCUT2D eigenvalue weighted by molar-refractivity contribution is -0.384. The molecule has 0 spiro atoms. The molecule has 0 aromatic rings. The number of unbranched alkanes of at least 4 members (excludes halogenated alkanes) is 5. The maximum atomic E-state index is 12.6. The van der Waals surface area contributed by atoms with Crippen molar-refractivity contribution >= 4 is 11.9 Å². The SMILES string of the molecule is COC(=O)CCCCCCCCO[C@@H]1OC(CO)[C@H](OC2OC(CO)[C@@H](O)C(O[C@]3(C(=O)O)CC(O)[C@@H](N)C(C(O)C(O)CO)O3)C2O)C(O)C1C. The molecule has 0 bridgehead atoms. The molecule has 304 valence electrons. The van der Waals surface area contributed by atoms with Crippen LogP contribution in [-0.4, -0.2) is 188 Å². The van der Waals surface area contributed by atoms with Crippen LogP contribution in [0.15, 0.2) is 0 Å². The van der Waals surface area contributed by atoms with Crippen molar-refractivity contribution in [3.8, 4) is 0 Å². The number of methoxy groups -OCH3 is 1. The summed E-state index contributed by atoms with van der Waals surface area (Å²) >= 11 is 0. The van der Waals surface area contributed by atoms with Crippen LogP contribution in [0.2, 0.25) is 0 Å². The van der Waals surface area contributed by atoms with Gasteiger partial charge in [-0.25, -0.2) is 4.79 Å². The molecule has 11 unspecified atom stereocenters. The van der Waals surface area contributed by atoms with E-state index < -0.39 is 130 Å². The van der Waals surface area contributed by atoms with E-state index in [-0.39, 0.29) is 12.6 Å². The van der Waals surface area contributed by atoms with Gasteiger partial charge < -0.3 is 90.0 Å². The fourth-order valence-corrected chi connectivity index (χ4v) is 6.48. The smallest absolute Gasteiger partial charge is 0.364 e. The van der Waals surface area contributed by atoms with E-state index in [1.165, 1.54) is 7.11 Å². The standard InChI is InChI=1S/C32H57NO19/c1-15-22(40)26(19(14-36)49-29(15)47-10-8-6-4-3-5-7-9-20(39)46-2)50-30-25(43)28(24(42)18(13-35)48-30)52-32(31(44)45)11-16(37)21(33)27(51-32)23(41)17(38)12-34/h15-19,21-30,34-38,40-43H,3-14,33H2,1-2H3,(H,44,45)/t15?,16?,17?,18?,19?,21-,22?,23?,24-,25?,26+,27?,28?,29-,30?,32+/m1/s1. The van der Waals surface area contributed by atoms with Crippen molar-refractivity contribution in [1.82, 2.24) is 0 Å². The first-order valence-electron chi connectivity index (χ1n) is 17.6. The van der Waals surface area contributed by atoms with E-state index in [0.29, 0.717) is 12.8 Å². The van der Waals surface area contributed by atoms with Crippen LogP contribution in [0.3, 0.4) is 0 Å². The zero-order chi connectivity index (χ0) is 38.7. The van der Waals surface area contributed by atoms with Gasteiger partial charge in [-0.2, -0.15) is 0 Å². The van der Waals surface area contributed by atoms with Gasteiger partial charge in [0.05, 0.1) is 45.2 Å². The summed E-state index contributed by atoms with van der Waals surface area (Å²) in [5.74, 6) is -5.76. The molecular weight excluding hydrogens is 702 g/mol. The average Bonchev–Trinajstić information content (AvgIpc) is 3.13. The summed E-state index contributed by atoms with van der Waals surface area (Å²) in [7, 11) is 1.35. The van der Waals surface area contributed by atoms with Crippen molar-refractivity contribution in [3.63, 3.8) is 0 Å². The fourth-order valence-electron chi connectivity index (χ4n) is 6.48. The zero-order valence-electron chi connectivity index (χ0n) is 29.4. The minimum absolute atomic E-state index is 0.236. The molecule has 3 heterocycles. The van der Waals surface area contributed by atoms with Crippen LogP contribution in [0.5, 0.6) is 0 Å². The highest BCUT2D eigenvalue weighted by atomic mass is 16.8. The number of aliphatic carboxylic acids is 1. The third kappa shape index (κ3) is 11.0. The zero-order valence-corrected chi connectivity index (χ0v) is 29.4. The Labute approximate surface area is 300 Å². The maximum absolute atomic E-state index is 12.6. The molecule has 52 heavy (non-hydrogen) atoms. The van der Waals surface area contributed by atoms with E-state index in [1.54, 1.807) is 6.92 Å². The highest BCUT2D eigenvalue weighted by Gasteiger charge is 2.59. The van der Waals surface area contributed by atoms with E-state index in [9.17, 15) is 60.7 Å². The number of carbonyl (C=O) groups is 2. The van der Waals surface area contributed by atoms with Crippen molar-refractivity contribution in [2.45, 2.75) is 150 Å². The Balaban J connectivity index is 1.67. The van der Waals surface area contributed by atoms with Crippen LogP contribution < -0.4 is 5.73 Å². The molecule has 0 saturated carbocycles. The number of ether oxygens (including phenoxy) is 7. The Bertz CT molecular complexity index is 1090. The predicted molar refractivity (Wildman–Crippen MR) is 172 cm³/mol. The van der Waals surface area contributed by atoms with Gasteiger partial charge >= 0.3 is 11.9 Å². The van der Waals surface area contributed by atoms with Crippen molar-refractivity contribution in [2.75, 3.05) is 33.5 Å². The first kappa shape index (κ1) is 44.7. The molecule has 0 radical (unpaired) electrons. The number of nitrogens with two attached hydrogens (primary N) is 1. The molecule has 20 nitrogen and oxygen atoms in total. The molecule has 3 fully saturated rings. The van der Waals surface area contributed by atoms with E-state index in [4.69, 9.17) is 34.2 Å². The molecule has 16 atom stereocenters. The van der Waals surface area contributed by atoms with Crippen molar-refractivity contribution in [2.24, 2.45) is 11.7 Å². The maximum Gasteiger partial charge on any atom is 0.364 e. The summed E-state index contributed by atoms with van der Waals surface area (Å²) in [4.78, 5) is 23.8. The molecule has 0 aromatic carbocycles. The monoisotopic (exact) mass is 759 g/mol. The first-order valence-corrected chi connectivity index (χ1v) is 17.6. The predicted octanol–water partition coefficient (Wildman–Crippen LogP) is -4.20. The summed E-state index contributed by atoms with van der Waals surface area (Å²) in [5, 5.41) is 104. The number of aliphatic hydroxyl groups is 9. The Morgan fingerprint density at radius 2 is 1.48 bits per heavy atom. The number of carboxylic acid groups (broad SMARTS) is 1. The molecule has 12 N–H and O–H groups in total. The third-order valence-electron chi connectivity index (χ3n) is 9.76. The molecule has 3 aliphatic heterocycles. The normalized spacial score (nSPS) is 39.5. The van der Waals surface area contributed by atoms with Crippen LogP contribution in [-0.2, 0) is 42.7 Å². The van der Waals surface area contributed by atoms with Crippen LogP contribution in [0.1, 0.15) is 58.3 Å². The molecule has 3 saturated heterocycles. The topological polar surface area (TPSA) is 327 Å². The summed E-state index contributed by atoms with van der Waals surface area (Å²) in [6.07, 6.45) is -17.2. The van der Waals surface area contributed by atoms with Crippen LogP contribution in [0.25, 0.3) is 0 Å². The van der Waals surface area contributed by atoms with E-state index >= 15 is 0 Å². The molecule has 20 heteroatoms. The second kappa shape index (κ2) is 20.8. The Morgan fingerprint density at radius 1 is 0.865 bits per heavy atom. The van der Waals surface area contributed by atoms with E-state index in [0.717, 1.165) is 32.1 Å². The Hall–Kier alpha value is -1.70. The molecule has 3 rings (SSSR count). The number of carbonyl (C=O) groups excluding carboxylic acids is 1. The van der Waals surface area contributed by atoms with Gasteiger partial charge in [-0.1, -0.05) is 32.6 Å². The number of esters is 1. The molecule has 0 aliphatic carbocycles. The summed E-state index contributed by atoms with van der Waals surface area (Å²) in [5.41, 5.74) is 5.90. The van der Waals surface area contributed by atoms with Gasteiger partial charge in [-0.3, -0.25) is 4.79 Å².